The third-order valence-electron chi connectivity index (χ3n) is 4.71. The van der Waals surface area contributed by atoms with Gasteiger partial charge in [0.1, 0.15) is 5.01 Å². The Bertz CT molecular complexity index is 1170. The molecule has 1 N–H and O–H groups in total. The summed E-state index contributed by atoms with van der Waals surface area (Å²) in [6, 6.07) is 17.0. The van der Waals surface area contributed by atoms with Crippen molar-refractivity contribution in [3.05, 3.63) is 77.9 Å². The van der Waals surface area contributed by atoms with E-state index < -0.39 is 0 Å². The highest BCUT2D eigenvalue weighted by atomic mass is 32.1. The molecule has 0 saturated carbocycles. The Morgan fingerprint density at radius 3 is 2.39 bits per heavy atom. The van der Waals surface area contributed by atoms with Gasteiger partial charge in [-0.3, -0.25) is 9.78 Å². The van der Waals surface area contributed by atoms with Crippen LogP contribution in [0.3, 0.4) is 0 Å². The molecule has 156 valence electrons. The van der Waals surface area contributed by atoms with E-state index in [1.807, 2.05) is 53.9 Å². The van der Waals surface area contributed by atoms with E-state index in [0.717, 1.165) is 33.1 Å². The van der Waals surface area contributed by atoms with Crippen LogP contribution in [0.15, 0.2) is 72.4 Å². The van der Waals surface area contributed by atoms with Crippen LogP contribution >= 0.6 is 11.3 Å². The van der Waals surface area contributed by atoms with Crippen LogP contribution in [-0.4, -0.2) is 30.1 Å². The maximum atomic E-state index is 12.5. The smallest absolute Gasteiger partial charge is 0.228 e. The summed E-state index contributed by atoms with van der Waals surface area (Å²) in [5, 5.41) is 5.91. The first-order valence-electron chi connectivity index (χ1n) is 9.63. The second-order valence-electron chi connectivity index (χ2n) is 6.77. The molecule has 0 fully saturated rings. The number of hydrogen-bond acceptors (Lipinski definition) is 6. The Kier molecular flexibility index (Phi) is 6.24. The van der Waals surface area contributed by atoms with Crippen molar-refractivity contribution >= 4 is 22.9 Å². The molecule has 0 atom stereocenters. The summed E-state index contributed by atoms with van der Waals surface area (Å²) in [4.78, 5) is 21.2. The summed E-state index contributed by atoms with van der Waals surface area (Å²) in [5.74, 6) is 1.14. The SMILES string of the molecule is COc1ccc(CC(=O)Nc2ccc(-c3csc(-c4ccncc4)n3)cc2)cc1OC. The van der Waals surface area contributed by atoms with Crippen LogP contribution in [0, 0.1) is 0 Å². The lowest BCUT2D eigenvalue weighted by Crippen LogP contribution is -2.14. The predicted octanol–water partition coefficient (Wildman–Crippen LogP) is 5.07. The number of benzene rings is 2. The number of ether oxygens (including phenoxy) is 2. The number of pyridine rings is 1. The molecule has 0 bridgehead atoms. The van der Waals surface area contributed by atoms with Gasteiger partial charge in [-0.1, -0.05) is 18.2 Å². The van der Waals surface area contributed by atoms with Crippen molar-refractivity contribution in [2.75, 3.05) is 19.5 Å². The van der Waals surface area contributed by atoms with E-state index in [1.165, 1.54) is 0 Å². The molecule has 1 amide bonds. The maximum Gasteiger partial charge on any atom is 0.228 e. The lowest BCUT2D eigenvalue weighted by atomic mass is 10.1. The Morgan fingerprint density at radius 1 is 0.935 bits per heavy atom. The van der Waals surface area contributed by atoms with Crippen LogP contribution in [0.25, 0.3) is 21.8 Å². The molecule has 0 aliphatic carbocycles. The molecule has 0 saturated heterocycles. The largest absolute Gasteiger partial charge is 0.493 e. The standard InChI is InChI=1S/C24H21N3O3S/c1-29-21-8-3-16(13-22(21)30-2)14-23(28)26-19-6-4-17(5-7-19)20-15-31-24(27-20)18-9-11-25-12-10-18/h3-13,15H,14H2,1-2H3,(H,26,28). The highest BCUT2D eigenvalue weighted by molar-refractivity contribution is 7.13. The van der Waals surface area contributed by atoms with Crippen LogP contribution in [0.5, 0.6) is 11.5 Å². The zero-order valence-corrected chi connectivity index (χ0v) is 18.0. The van der Waals surface area contributed by atoms with Gasteiger partial charge in [-0.05, 0) is 42.0 Å². The van der Waals surface area contributed by atoms with Crippen molar-refractivity contribution in [3.63, 3.8) is 0 Å². The normalized spacial score (nSPS) is 10.5. The minimum atomic E-state index is -0.103. The Hall–Kier alpha value is -3.71. The molecule has 0 unspecified atom stereocenters. The summed E-state index contributed by atoms with van der Waals surface area (Å²) in [7, 11) is 3.16. The number of hydrogen-bond donors (Lipinski definition) is 1. The van der Waals surface area contributed by atoms with Gasteiger partial charge >= 0.3 is 0 Å². The van der Waals surface area contributed by atoms with E-state index >= 15 is 0 Å². The van der Waals surface area contributed by atoms with Crippen LogP contribution in [-0.2, 0) is 11.2 Å². The van der Waals surface area contributed by atoms with Gasteiger partial charge in [0.2, 0.25) is 5.91 Å². The number of rotatable bonds is 7. The van der Waals surface area contributed by atoms with Gasteiger partial charge in [-0.15, -0.1) is 11.3 Å². The summed E-state index contributed by atoms with van der Waals surface area (Å²) >= 11 is 1.59. The topological polar surface area (TPSA) is 73.3 Å². The summed E-state index contributed by atoms with van der Waals surface area (Å²) < 4.78 is 10.5. The van der Waals surface area contributed by atoms with Crippen LogP contribution in [0.2, 0.25) is 0 Å². The lowest BCUT2D eigenvalue weighted by Gasteiger charge is -2.10. The van der Waals surface area contributed by atoms with Crippen LogP contribution < -0.4 is 14.8 Å². The molecular formula is C24H21N3O3S. The van der Waals surface area contributed by atoms with Crippen LogP contribution in [0.4, 0.5) is 5.69 Å². The van der Waals surface area contributed by atoms with Gasteiger partial charge in [0.15, 0.2) is 11.5 Å². The molecule has 6 nitrogen and oxygen atoms in total. The highest BCUT2D eigenvalue weighted by Crippen LogP contribution is 2.30. The first-order valence-corrected chi connectivity index (χ1v) is 10.5. The number of nitrogens with one attached hydrogen (secondary N) is 1. The fourth-order valence-electron chi connectivity index (χ4n) is 3.14. The fourth-order valence-corrected chi connectivity index (χ4v) is 3.97. The van der Waals surface area contributed by atoms with Crippen molar-refractivity contribution in [3.8, 4) is 33.3 Å². The number of nitrogens with zero attached hydrogens (tertiary/aromatic N) is 2. The Balaban J connectivity index is 1.41. The number of carbonyl (C=O) groups excluding carboxylic acids is 1. The van der Waals surface area contributed by atoms with E-state index in [-0.39, 0.29) is 12.3 Å². The van der Waals surface area contributed by atoms with Gasteiger partial charge in [0, 0.05) is 34.6 Å². The molecule has 0 aliphatic heterocycles. The summed E-state index contributed by atoms with van der Waals surface area (Å²) in [6.07, 6.45) is 3.76. The van der Waals surface area contributed by atoms with Crippen molar-refractivity contribution in [2.24, 2.45) is 0 Å². The molecule has 0 aliphatic rings. The molecule has 0 spiro atoms. The number of thiazole rings is 1. The van der Waals surface area contributed by atoms with E-state index in [0.29, 0.717) is 11.5 Å². The van der Waals surface area contributed by atoms with E-state index in [4.69, 9.17) is 14.5 Å². The van der Waals surface area contributed by atoms with Gasteiger partial charge in [0.25, 0.3) is 0 Å². The quantitative estimate of drug-likeness (QED) is 0.442. The van der Waals surface area contributed by atoms with Crippen LogP contribution in [0.1, 0.15) is 5.56 Å². The van der Waals surface area contributed by atoms with E-state index in [1.54, 1.807) is 44.0 Å². The van der Waals surface area contributed by atoms with E-state index in [9.17, 15) is 4.79 Å². The third kappa shape index (κ3) is 4.90. The number of amides is 1. The Labute approximate surface area is 184 Å². The highest BCUT2D eigenvalue weighted by Gasteiger charge is 2.10. The average Bonchev–Trinajstić information content (AvgIpc) is 3.30. The second kappa shape index (κ2) is 9.40. The number of aromatic nitrogens is 2. The summed E-state index contributed by atoms with van der Waals surface area (Å²) in [5.41, 5.74) is 4.52. The van der Waals surface area contributed by atoms with Gasteiger partial charge in [-0.2, -0.15) is 0 Å². The third-order valence-corrected chi connectivity index (χ3v) is 5.60. The fraction of sp³-hybridized carbons (Fsp3) is 0.125. The van der Waals surface area contributed by atoms with Crippen molar-refractivity contribution in [2.45, 2.75) is 6.42 Å². The molecular weight excluding hydrogens is 410 g/mol. The molecule has 2 heterocycles. The van der Waals surface area contributed by atoms with Crippen molar-refractivity contribution in [1.29, 1.82) is 0 Å². The second-order valence-corrected chi connectivity index (χ2v) is 7.62. The molecule has 4 rings (SSSR count). The van der Waals surface area contributed by atoms with Gasteiger partial charge < -0.3 is 14.8 Å². The predicted molar refractivity (Wildman–Crippen MR) is 123 cm³/mol. The molecule has 4 aromatic rings. The zero-order valence-electron chi connectivity index (χ0n) is 17.2. The summed E-state index contributed by atoms with van der Waals surface area (Å²) in [6.45, 7) is 0. The molecule has 0 radical (unpaired) electrons. The monoisotopic (exact) mass is 431 g/mol. The van der Waals surface area contributed by atoms with Gasteiger partial charge in [0.05, 0.1) is 26.3 Å². The number of anilines is 1. The van der Waals surface area contributed by atoms with Crippen molar-refractivity contribution in [1.82, 2.24) is 9.97 Å². The number of methoxy groups -OCH3 is 2. The number of carbonyl (C=O) groups is 1. The molecule has 2 aromatic heterocycles. The first kappa shape index (κ1) is 20.6. The maximum absolute atomic E-state index is 12.5. The minimum absolute atomic E-state index is 0.103. The molecule has 2 aromatic carbocycles. The van der Waals surface area contributed by atoms with Crippen molar-refractivity contribution < 1.29 is 14.3 Å². The van der Waals surface area contributed by atoms with E-state index in [2.05, 4.69) is 10.3 Å². The van der Waals surface area contributed by atoms with Gasteiger partial charge in [-0.25, -0.2) is 4.98 Å². The lowest BCUT2D eigenvalue weighted by molar-refractivity contribution is -0.115. The Morgan fingerprint density at radius 2 is 1.68 bits per heavy atom. The molecule has 7 heteroatoms. The molecule has 31 heavy (non-hydrogen) atoms. The zero-order chi connectivity index (χ0) is 21.6. The minimum Gasteiger partial charge on any atom is -0.493 e. The first-order chi connectivity index (χ1) is 15.2. The average molecular weight is 432 g/mol.